The first-order valence-electron chi connectivity index (χ1n) is 9.06. The van der Waals surface area contributed by atoms with E-state index in [-0.39, 0.29) is 17.8 Å². The van der Waals surface area contributed by atoms with Gasteiger partial charge in [-0.05, 0) is 43.5 Å². The number of amides is 1. The molecule has 0 atom stereocenters. The van der Waals surface area contributed by atoms with Crippen LogP contribution in [0.3, 0.4) is 0 Å². The third-order valence-electron chi connectivity index (χ3n) is 4.87. The molecule has 4 rings (SSSR count). The maximum Gasteiger partial charge on any atom is 0.259 e. The summed E-state index contributed by atoms with van der Waals surface area (Å²) in [5.41, 5.74) is 2.92. The molecule has 1 aliphatic heterocycles. The van der Waals surface area contributed by atoms with E-state index in [1.54, 1.807) is 22.8 Å². The number of nitrogens with zero attached hydrogens (tertiary/aromatic N) is 4. The molecular formula is C20H21FN4O2. The predicted octanol–water partition coefficient (Wildman–Crippen LogP) is 3.00. The van der Waals surface area contributed by atoms with E-state index in [0.29, 0.717) is 30.9 Å². The minimum absolute atomic E-state index is 0.0416. The predicted molar refractivity (Wildman–Crippen MR) is 97.8 cm³/mol. The highest BCUT2D eigenvalue weighted by Crippen LogP contribution is 2.19. The van der Waals surface area contributed by atoms with E-state index < -0.39 is 0 Å². The van der Waals surface area contributed by atoms with Gasteiger partial charge < -0.3 is 9.64 Å². The lowest BCUT2D eigenvalue weighted by Gasteiger charge is -2.31. The van der Waals surface area contributed by atoms with Gasteiger partial charge in [-0.2, -0.15) is 5.10 Å². The highest BCUT2D eigenvalue weighted by Gasteiger charge is 2.26. The number of aromatic nitrogens is 3. The Hall–Kier alpha value is -2.80. The fraction of sp³-hybridized carbons (Fsp3) is 0.350. The molecule has 3 heterocycles. The molecule has 1 fully saturated rings. The van der Waals surface area contributed by atoms with Crippen LogP contribution >= 0.6 is 0 Å². The van der Waals surface area contributed by atoms with Crippen LogP contribution in [0.15, 0.2) is 42.7 Å². The summed E-state index contributed by atoms with van der Waals surface area (Å²) in [7, 11) is 0. The summed E-state index contributed by atoms with van der Waals surface area (Å²) in [5, 5.41) is 4.22. The molecule has 0 unspecified atom stereocenters. The van der Waals surface area contributed by atoms with Crippen molar-refractivity contribution in [2.24, 2.45) is 0 Å². The number of benzene rings is 1. The highest BCUT2D eigenvalue weighted by atomic mass is 19.1. The molecular weight excluding hydrogens is 347 g/mol. The Bertz CT molecular complexity index is 946. The van der Waals surface area contributed by atoms with Gasteiger partial charge in [-0.1, -0.05) is 12.1 Å². The van der Waals surface area contributed by atoms with E-state index >= 15 is 0 Å². The first kappa shape index (κ1) is 17.6. The van der Waals surface area contributed by atoms with Crippen LogP contribution in [0.25, 0.3) is 5.65 Å². The standard InChI is InChI=1S/C20H21FN4O2/c1-14-6-11-25-19(23-14)18(12-22-25)20(26)24-9-7-17(8-10-24)27-13-15-2-4-16(21)5-3-15/h2-6,11-12,17H,7-10,13H2,1H3. The molecule has 0 bridgehead atoms. The smallest absolute Gasteiger partial charge is 0.259 e. The number of fused-ring (bicyclic) bond motifs is 1. The number of halogens is 1. The largest absolute Gasteiger partial charge is 0.373 e. The molecule has 0 spiro atoms. The monoisotopic (exact) mass is 368 g/mol. The second-order valence-electron chi connectivity index (χ2n) is 6.82. The fourth-order valence-electron chi connectivity index (χ4n) is 3.30. The van der Waals surface area contributed by atoms with Crippen LogP contribution in [0.2, 0.25) is 0 Å². The number of carbonyl (C=O) groups is 1. The molecule has 0 N–H and O–H groups in total. The quantitative estimate of drug-likeness (QED) is 0.710. The Morgan fingerprint density at radius 3 is 2.70 bits per heavy atom. The number of likely N-dealkylation sites (tertiary alicyclic amines) is 1. The van der Waals surface area contributed by atoms with Gasteiger partial charge in [0.2, 0.25) is 0 Å². The number of ether oxygens (including phenoxy) is 1. The minimum Gasteiger partial charge on any atom is -0.373 e. The van der Waals surface area contributed by atoms with E-state index in [0.717, 1.165) is 24.1 Å². The third kappa shape index (κ3) is 3.83. The molecule has 1 amide bonds. The number of hydrogen-bond donors (Lipinski definition) is 0. The molecule has 7 heteroatoms. The van der Waals surface area contributed by atoms with Gasteiger partial charge in [0.25, 0.3) is 5.91 Å². The Morgan fingerprint density at radius 2 is 1.96 bits per heavy atom. The topological polar surface area (TPSA) is 59.7 Å². The zero-order chi connectivity index (χ0) is 18.8. The second kappa shape index (κ2) is 7.44. The molecule has 1 aliphatic rings. The van der Waals surface area contributed by atoms with Gasteiger partial charge in [-0.25, -0.2) is 13.9 Å². The summed E-state index contributed by atoms with van der Waals surface area (Å²) < 4.78 is 20.5. The van der Waals surface area contributed by atoms with E-state index in [1.807, 2.05) is 24.1 Å². The van der Waals surface area contributed by atoms with Crippen molar-refractivity contribution in [3.05, 3.63) is 65.4 Å². The van der Waals surface area contributed by atoms with Gasteiger partial charge in [0.15, 0.2) is 5.65 Å². The Labute approximate surface area is 156 Å². The van der Waals surface area contributed by atoms with Gasteiger partial charge in [-0.15, -0.1) is 0 Å². The molecule has 2 aromatic heterocycles. The van der Waals surface area contributed by atoms with E-state index in [9.17, 15) is 9.18 Å². The molecule has 1 saturated heterocycles. The normalized spacial score (nSPS) is 15.4. The fourth-order valence-corrected chi connectivity index (χ4v) is 3.30. The van der Waals surface area contributed by atoms with E-state index in [4.69, 9.17) is 4.74 Å². The van der Waals surface area contributed by atoms with Gasteiger partial charge in [0, 0.05) is 25.0 Å². The molecule has 0 radical (unpaired) electrons. The zero-order valence-corrected chi connectivity index (χ0v) is 15.1. The minimum atomic E-state index is -0.247. The van der Waals surface area contributed by atoms with Gasteiger partial charge in [0.1, 0.15) is 11.4 Å². The van der Waals surface area contributed by atoms with Crippen molar-refractivity contribution in [3.63, 3.8) is 0 Å². The van der Waals surface area contributed by atoms with Crippen LogP contribution < -0.4 is 0 Å². The lowest BCUT2D eigenvalue weighted by molar-refractivity contribution is -0.000353. The van der Waals surface area contributed by atoms with Crippen molar-refractivity contribution in [1.29, 1.82) is 0 Å². The van der Waals surface area contributed by atoms with Crippen molar-refractivity contribution >= 4 is 11.6 Å². The average molecular weight is 368 g/mol. The molecule has 1 aromatic carbocycles. The first-order chi connectivity index (χ1) is 13.1. The number of rotatable bonds is 4. The van der Waals surface area contributed by atoms with Crippen LogP contribution in [0.5, 0.6) is 0 Å². The number of aryl methyl sites for hydroxylation is 1. The van der Waals surface area contributed by atoms with Crippen LogP contribution in [0.4, 0.5) is 4.39 Å². The highest BCUT2D eigenvalue weighted by molar-refractivity contribution is 5.99. The number of piperidine rings is 1. The van der Waals surface area contributed by atoms with Gasteiger partial charge in [-0.3, -0.25) is 4.79 Å². The van der Waals surface area contributed by atoms with Crippen LogP contribution in [-0.2, 0) is 11.3 Å². The maximum absolute atomic E-state index is 12.9. The number of carbonyl (C=O) groups excluding carboxylic acids is 1. The van der Waals surface area contributed by atoms with Gasteiger partial charge in [0.05, 0.1) is 18.9 Å². The van der Waals surface area contributed by atoms with Crippen LogP contribution in [0.1, 0.15) is 34.5 Å². The molecule has 27 heavy (non-hydrogen) atoms. The summed E-state index contributed by atoms with van der Waals surface area (Å²) in [6.07, 6.45) is 5.05. The van der Waals surface area contributed by atoms with Crippen molar-refractivity contribution in [3.8, 4) is 0 Å². The average Bonchev–Trinajstić information content (AvgIpc) is 3.10. The Kier molecular flexibility index (Phi) is 4.85. The molecule has 0 aliphatic carbocycles. The van der Waals surface area contributed by atoms with Crippen LogP contribution in [-0.4, -0.2) is 44.6 Å². The lowest BCUT2D eigenvalue weighted by atomic mass is 10.1. The van der Waals surface area contributed by atoms with Crippen molar-refractivity contribution in [2.45, 2.75) is 32.5 Å². The summed E-state index contributed by atoms with van der Waals surface area (Å²) >= 11 is 0. The lowest BCUT2D eigenvalue weighted by Crippen LogP contribution is -2.40. The van der Waals surface area contributed by atoms with Crippen molar-refractivity contribution in [2.75, 3.05) is 13.1 Å². The van der Waals surface area contributed by atoms with E-state index in [2.05, 4.69) is 10.1 Å². The van der Waals surface area contributed by atoms with Gasteiger partial charge >= 0.3 is 0 Å². The molecule has 3 aromatic rings. The van der Waals surface area contributed by atoms with Crippen LogP contribution in [0, 0.1) is 12.7 Å². The third-order valence-corrected chi connectivity index (χ3v) is 4.87. The molecule has 6 nitrogen and oxygen atoms in total. The Balaban J connectivity index is 1.35. The van der Waals surface area contributed by atoms with E-state index in [1.165, 1.54) is 12.1 Å². The Morgan fingerprint density at radius 1 is 1.22 bits per heavy atom. The SMILES string of the molecule is Cc1ccn2ncc(C(=O)N3CCC(OCc4ccc(F)cc4)CC3)c2n1. The second-order valence-corrected chi connectivity index (χ2v) is 6.82. The van der Waals surface area contributed by atoms with Crippen molar-refractivity contribution in [1.82, 2.24) is 19.5 Å². The number of hydrogen-bond acceptors (Lipinski definition) is 4. The summed E-state index contributed by atoms with van der Waals surface area (Å²) in [5.74, 6) is -0.289. The van der Waals surface area contributed by atoms with Crippen molar-refractivity contribution < 1.29 is 13.9 Å². The zero-order valence-electron chi connectivity index (χ0n) is 15.1. The summed E-state index contributed by atoms with van der Waals surface area (Å²) in [4.78, 5) is 19.1. The molecule has 0 saturated carbocycles. The first-order valence-corrected chi connectivity index (χ1v) is 9.06. The molecule has 140 valence electrons. The maximum atomic E-state index is 12.9. The summed E-state index contributed by atoms with van der Waals surface area (Å²) in [6.45, 7) is 3.62. The summed E-state index contributed by atoms with van der Waals surface area (Å²) in [6, 6.07) is 8.19.